The number of pyridine rings is 1. The van der Waals surface area contributed by atoms with Crippen LogP contribution in [0.1, 0.15) is 45.1 Å². The number of nitrogens with one attached hydrogen (secondary N) is 2. The zero-order valence-corrected chi connectivity index (χ0v) is 16.2. The van der Waals surface area contributed by atoms with Gasteiger partial charge in [-0.2, -0.15) is 0 Å². The lowest BCUT2D eigenvalue weighted by molar-refractivity contribution is 0.137. The van der Waals surface area contributed by atoms with Gasteiger partial charge in [-0.25, -0.2) is 9.78 Å². The van der Waals surface area contributed by atoms with E-state index in [4.69, 9.17) is 0 Å². The van der Waals surface area contributed by atoms with Crippen molar-refractivity contribution < 1.29 is 4.79 Å². The van der Waals surface area contributed by atoms with Gasteiger partial charge in [0.2, 0.25) is 0 Å². The van der Waals surface area contributed by atoms with Gasteiger partial charge in [0, 0.05) is 45.0 Å². The summed E-state index contributed by atoms with van der Waals surface area (Å²) in [6, 6.07) is 4.34. The molecule has 2 fully saturated rings. The van der Waals surface area contributed by atoms with E-state index < -0.39 is 0 Å². The second-order valence-electron chi connectivity index (χ2n) is 7.87. The monoisotopic (exact) mass is 359 g/mol. The number of carbonyl (C=O) groups excluding carboxylic acids is 1. The van der Waals surface area contributed by atoms with Crippen molar-refractivity contribution in [2.24, 2.45) is 5.92 Å². The predicted octanol–water partition coefficient (Wildman–Crippen LogP) is 2.60. The Kier molecular flexibility index (Phi) is 6.72. The third kappa shape index (κ3) is 5.34. The molecule has 0 saturated carbocycles. The molecule has 144 valence electrons. The van der Waals surface area contributed by atoms with Gasteiger partial charge in [0.05, 0.1) is 0 Å². The number of nitrogens with zero attached hydrogens (tertiary/aromatic N) is 3. The minimum atomic E-state index is -0.0959. The summed E-state index contributed by atoms with van der Waals surface area (Å²) < 4.78 is 0. The van der Waals surface area contributed by atoms with Crippen molar-refractivity contribution in [1.29, 1.82) is 0 Å². The first kappa shape index (κ1) is 19.0. The van der Waals surface area contributed by atoms with Crippen LogP contribution in [0.3, 0.4) is 0 Å². The van der Waals surface area contributed by atoms with Crippen molar-refractivity contribution in [3.8, 4) is 0 Å². The van der Waals surface area contributed by atoms with Crippen LogP contribution in [-0.2, 0) is 6.54 Å². The van der Waals surface area contributed by atoms with E-state index in [2.05, 4.69) is 45.3 Å². The normalized spacial score (nSPS) is 22.2. The Morgan fingerprint density at radius 2 is 2.08 bits per heavy atom. The molecule has 2 aliphatic heterocycles. The van der Waals surface area contributed by atoms with Gasteiger partial charge in [0.25, 0.3) is 0 Å². The highest BCUT2D eigenvalue weighted by Crippen LogP contribution is 2.19. The van der Waals surface area contributed by atoms with Crippen LogP contribution in [0, 0.1) is 5.92 Å². The summed E-state index contributed by atoms with van der Waals surface area (Å²) in [5.41, 5.74) is 1.09. The Morgan fingerprint density at radius 1 is 1.27 bits per heavy atom. The van der Waals surface area contributed by atoms with Crippen LogP contribution in [0.5, 0.6) is 0 Å². The Bertz CT molecular complexity index is 587. The first-order valence-electron chi connectivity index (χ1n) is 10.1. The largest absolute Gasteiger partial charge is 0.357 e. The fraction of sp³-hybridized carbons (Fsp3) is 0.700. The molecule has 26 heavy (non-hydrogen) atoms. The van der Waals surface area contributed by atoms with Gasteiger partial charge in [-0.3, -0.25) is 4.90 Å². The summed E-state index contributed by atoms with van der Waals surface area (Å²) >= 11 is 0. The molecule has 3 rings (SSSR count). The van der Waals surface area contributed by atoms with Crippen molar-refractivity contribution in [3.05, 3.63) is 23.9 Å². The van der Waals surface area contributed by atoms with Gasteiger partial charge >= 0.3 is 6.03 Å². The Labute approximate surface area is 157 Å². The SMILES string of the molecule is CC1CCCN(C(C)CNC(=O)NCc2ccnc(N3CCCC3)c2)C1. The lowest BCUT2D eigenvalue weighted by atomic mass is 9.99. The van der Waals surface area contributed by atoms with Crippen molar-refractivity contribution in [2.45, 2.75) is 52.1 Å². The Balaban J connectivity index is 1.40. The molecule has 0 aromatic carbocycles. The standard InChI is InChI=1S/C20H33N5O/c1-16-6-5-11-25(15-16)17(2)13-22-20(26)23-14-18-7-8-21-19(12-18)24-9-3-4-10-24/h7-8,12,16-17H,3-6,9-11,13-15H2,1-2H3,(H2,22,23,26). The van der Waals surface area contributed by atoms with Crippen LogP contribution < -0.4 is 15.5 Å². The van der Waals surface area contributed by atoms with E-state index in [1.807, 2.05) is 12.3 Å². The quantitative estimate of drug-likeness (QED) is 0.820. The van der Waals surface area contributed by atoms with Crippen LogP contribution in [-0.4, -0.2) is 54.7 Å². The summed E-state index contributed by atoms with van der Waals surface area (Å²) in [4.78, 5) is 21.4. The highest BCUT2D eigenvalue weighted by Gasteiger charge is 2.21. The van der Waals surface area contributed by atoms with Gasteiger partial charge in [-0.1, -0.05) is 6.92 Å². The van der Waals surface area contributed by atoms with E-state index in [1.54, 1.807) is 0 Å². The average molecular weight is 360 g/mol. The first-order valence-corrected chi connectivity index (χ1v) is 10.1. The highest BCUT2D eigenvalue weighted by atomic mass is 16.2. The number of hydrogen-bond donors (Lipinski definition) is 2. The molecule has 2 unspecified atom stereocenters. The molecule has 2 amide bonds. The van der Waals surface area contributed by atoms with Gasteiger partial charge in [-0.15, -0.1) is 0 Å². The van der Waals surface area contributed by atoms with Crippen LogP contribution in [0.15, 0.2) is 18.3 Å². The summed E-state index contributed by atoms with van der Waals surface area (Å²) in [7, 11) is 0. The van der Waals surface area contributed by atoms with Crippen molar-refractivity contribution in [3.63, 3.8) is 0 Å². The molecule has 0 spiro atoms. The number of hydrogen-bond acceptors (Lipinski definition) is 4. The van der Waals surface area contributed by atoms with Crippen LogP contribution in [0.4, 0.5) is 10.6 Å². The molecule has 0 aliphatic carbocycles. The van der Waals surface area contributed by atoms with E-state index in [-0.39, 0.29) is 6.03 Å². The van der Waals surface area contributed by atoms with Gasteiger partial charge < -0.3 is 15.5 Å². The number of urea groups is 1. The molecule has 3 heterocycles. The van der Waals surface area contributed by atoms with Gasteiger partial charge in [0.15, 0.2) is 0 Å². The second kappa shape index (κ2) is 9.21. The van der Waals surface area contributed by atoms with E-state index in [9.17, 15) is 4.79 Å². The van der Waals surface area contributed by atoms with Gasteiger partial charge in [0.1, 0.15) is 5.82 Å². The molecular formula is C20H33N5O. The van der Waals surface area contributed by atoms with Crippen LogP contribution in [0.2, 0.25) is 0 Å². The molecule has 6 heteroatoms. The summed E-state index contributed by atoms with van der Waals surface area (Å²) in [6.45, 7) is 10.2. The predicted molar refractivity (Wildman–Crippen MR) is 105 cm³/mol. The molecule has 0 bridgehead atoms. The number of carbonyl (C=O) groups is 1. The minimum absolute atomic E-state index is 0.0959. The fourth-order valence-electron chi connectivity index (χ4n) is 3.93. The molecule has 6 nitrogen and oxygen atoms in total. The molecule has 2 saturated heterocycles. The summed E-state index contributed by atoms with van der Waals surface area (Å²) in [5, 5.41) is 5.99. The Morgan fingerprint density at radius 3 is 2.85 bits per heavy atom. The van der Waals surface area contributed by atoms with E-state index in [0.717, 1.165) is 43.5 Å². The molecule has 1 aromatic heterocycles. The van der Waals surface area contributed by atoms with Crippen molar-refractivity contribution in [1.82, 2.24) is 20.5 Å². The number of piperidine rings is 1. The first-order chi connectivity index (χ1) is 12.6. The number of rotatable bonds is 6. The fourth-order valence-corrected chi connectivity index (χ4v) is 3.93. The maximum Gasteiger partial charge on any atom is 0.315 e. The maximum atomic E-state index is 12.1. The molecule has 1 aromatic rings. The number of amides is 2. The van der Waals surface area contributed by atoms with Crippen LogP contribution in [0.25, 0.3) is 0 Å². The lowest BCUT2D eigenvalue weighted by Crippen LogP contribution is -2.48. The van der Waals surface area contributed by atoms with Crippen molar-refractivity contribution in [2.75, 3.05) is 37.6 Å². The van der Waals surface area contributed by atoms with E-state index in [0.29, 0.717) is 19.1 Å². The topological polar surface area (TPSA) is 60.5 Å². The minimum Gasteiger partial charge on any atom is -0.357 e. The highest BCUT2D eigenvalue weighted by molar-refractivity contribution is 5.73. The zero-order chi connectivity index (χ0) is 18.4. The third-order valence-electron chi connectivity index (χ3n) is 5.56. The Hall–Kier alpha value is -1.82. The molecule has 0 radical (unpaired) electrons. The molecule has 2 atom stereocenters. The van der Waals surface area contributed by atoms with Crippen LogP contribution >= 0.6 is 0 Å². The van der Waals surface area contributed by atoms with E-state index >= 15 is 0 Å². The average Bonchev–Trinajstić information content (AvgIpc) is 3.19. The molecule has 2 aliphatic rings. The summed E-state index contributed by atoms with van der Waals surface area (Å²) in [5.74, 6) is 1.78. The smallest absolute Gasteiger partial charge is 0.315 e. The number of anilines is 1. The second-order valence-corrected chi connectivity index (χ2v) is 7.87. The lowest BCUT2D eigenvalue weighted by Gasteiger charge is -2.35. The number of aromatic nitrogens is 1. The molecular weight excluding hydrogens is 326 g/mol. The van der Waals surface area contributed by atoms with Crippen molar-refractivity contribution >= 4 is 11.8 Å². The zero-order valence-electron chi connectivity index (χ0n) is 16.2. The van der Waals surface area contributed by atoms with E-state index in [1.165, 1.54) is 25.7 Å². The number of likely N-dealkylation sites (tertiary alicyclic amines) is 1. The maximum absolute atomic E-state index is 12.1. The summed E-state index contributed by atoms with van der Waals surface area (Å²) in [6.07, 6.45) is 6.89. The third-order valence-corrected chi connectivity index (χ3v) is 5.56. The van der Waals surface area contributed by atoms with Gasteiger partial charge in [-0.05, 0) is 62.8 Å². The molecule has 2 N–H and O–H groups in total.